The van der Waals surface area contributed by atoms with E-state index in [1.165, 1.54) is 0 Å². The molecule has 1 aliphatic rings. The molecule has 1 aliphatic heterocycles. The van der Waals surface area contributed by atoms with Crippen LogP contribution in [0.25, 0.3) is 21.9 Å². The second kappa shape index (κ2) is 7.49. The fourth-order valence-electron chi connectivity index (χ4n) is 4.50. The van der Waals surface area contributed by atoms with E-state index < -0.39 is 11.7 Å². The summed E-state index contributed by atoms with van der Waals surface area (Å²) in [7, 11) is 0. The molecule has 0 spiro atoms. The Labute approximate surface area is 176 Å². The summed E-state index contributed by atoms with van der Waals surface area (Å²) < 4.78 is 41.4. The molecule has 1 atom stereocenters. The Balaban J connectivity index is 1.56. The van der Waals surface area contributed by atoms with E-state index >= 15 is 0 Å². The normalized spacial score (nSPS) is 18.1. The first-order valence-corrected chi connectivity index (χ1v) is 10.2. The predicted molar refractivity (Wildman–Crippen MR) is 112 cm³/mol. The summed E-state index contributed by atoms with van der Waals surface area (Å²) in [5.74, 6) is -0.120. The van der Waals surface area contributed by atoms with Gasteiger partial charge in [0.2, 0.25) is 0 Å². The van der Waals surface area contributed by atoms with Gasteiger partial charge in [0.1, 0.15) is 5.82 Å². The largest absolute Gasteiger partial charge is 0.417 e. The van der Waals surface area contributed by atoms with Gasteiger partial charge in [-0.25, -0.2) is 4.98 Å². The Kier molecular flexibility index (Phi) is 4.77. The molecular formula is C22H21F3N6. The molecule has 6 nitrogen and oxygen atoms in total. The third-order valence-electron chi connectivity index (χ3n) is 5.94. The summed E-state index contributed by atoms with van der Waals surface area (Å²) in [6, 6.07) is 10.8. The predicted octanol–water partition coefficient (Wildman–Crippen LogP) is 4.83. The lowest BCUT2D eigenvalue weighted by Gasteiger charge is -2.35. The molecule has 1 saturated heterocycles. The van der Waals surface area contributed by atoms with Gasteiger partial charge < -0.3 is 5.73 Å². The molecule has 0 saturated carbocycles. The van der Waals surface area contributed by atoms with E-state index in [1.54, 1.807) is 6.20 Å². The molecule has 1 aromatic carbocycles. The molecule has 4 heterocycles. The zero-order valence-electron chi connectivity index (χ0n) is 16.7. The van der Waals surface area contributed by atoms with Gasteiger partial charge in [0, 0.05) is 18.1 Å². The highest BCUT2D eigenvalue weighted by Crippen LogP contribution is 2.40. The van der Waals surface area contributed by atoms with Crippen molar-refractivity contribution in [3.63, 3.8) is 0 Å². The SMILES string of the molecule is Nc1[nH]nc2nc(C3CCCCN3Cc3cccc4ncccc34)cc(C(F)(F)F)c12. The number of hydrogen-bond donors (Lipinski definition) is 2. The zero-order valence-corrected chi connectivity index (χ0v) is 16.7. The fraction of sp³-hybridized carbons (Fsp3) is 0.318. The minimum absolute atomic E-state index is 0.00205. The van der Waals surface area contributed by atoms with E-state index in [9.17, 15) is 13.2 Å². The lowest BCUT2D eigenvalue weighted by atomic mass is 9.96. The highest BCUT2D eigenvalue weighted by molar-refractivity contribution is 5.89. The maximum Gasteiger partial charge on any atom is 0.417 e. The second-order valence-corrected chi connectivity index (χ2v) is 7.90. The molecule has 1 fully saturated rings. The average Bonchev–Trinajstić information content (AvgIpc) is 3.14. The topological polar surface area (TPSA) is 83.7 Å². The molecule has 1 unspecified atom stereocenters. The number of benzene rings is 1. The first-order chi connectivity index (χ1) is 14.9. The summed E-state index contributed by atoms with van der Waals surface area (Å²) >= 11 is 0. The molecule has 0 bridgehead atoms. The van der Waals surface area contributed by atoms with Crippen molar-refractivity contribution >= 4 is 27.8 Å². The molecular weight excluding hydrogens is 405 g/mol. The van der Waals surface area contributed by atoms with Gasteiger partial charge in [-0.1, -0.05) is 24.6 Å². The van der Waals surface area contributed by atoms with Crippen molar-refractivity contribution in [1.29, 1.82) is 0 Å². The monoisotopic (exact) mass is 426 g/mol. The number of hydrogen-bond acceptors (Lipinski definition) is 5. The number of piperidine rings is 1. The van der Waals surface area contributed by atoms with Crippen LogP contribution in [0.15, 0.2) is 42.6 Å². The quantitative estimate of drug-likeness (QED) is 0.490. The molecule has 4 aromatic rings. The summed E-state index contributed by atoms with van der Waals surface area (Å²) in [4.78, 5) is 11.1. The Bertz CT molecular complexity index is 1240. The Hall–Kier alpha value is -3.20. The average molecular weight is 426 g/mol. The maximum absolute atomic E-state index is 13.8. The summed E-state index contributed by atoms with van der Waals surface area (Å²) in [5, 5.41) is 7.23. The van der Waals surface area contributed by atoms with E-state index in [0.29, 0.717) is 12.2 Å². The summed E-state index contributed by atoms with van der Waals surface area (Å²) in [6.07, 6.45) is -0.137. The number of pyridine rings is 2. The number of aromatic nitrogens is 4. The Morgan fingerprint density at radius 3 is 2.87 bits per heavy atom. The third kappa shape index (κ3) is 3.59. The van der Waals surface area contributed by atoms with Crippen LogP contribution in [-0.4, -0.2) is 31.6 Å². The van der Waals surface area contributed by atoms with E-state index in [1.807, 2.05) is 30.3 Å². The number of likely N-dealkylation sites (tertiary alicyclic amines) is 1. The summed E-state index contributed by atoms with van der Waals surface area (Å²) in [6.45, 7) is 1.39. The number of alkyl halides is 3. The molecule has 31 heavy (non-hydrogen) atoms. The molecule has 160 valence electrons. The van der Waals surface area contributed by atoms with E-state index in [0.717, 1.165) is 48.3 Å². The van der Waals surface area contributed by atoms with Gasteiger partial charge in [-0.2, -0.15) is 18.3 Å². The lowest BCUT2D eigenvalue weighted by molar-refractivity contribution is -0.136. The molecule has 0 amide bonds. The first-order valence-electron chi connectivity index (χ1n) is 10.2. The zero-order chi connectivity index (χ0) is 21.6. The number of anilines is 1. The van der Waals surface area contributed by atoms with Gasteiger partial charge >= 0.3 is 6.18 Å². The van der Waals surface area contributed by atoms with Gasteiger partial charge in [0.25, 0.3) is 0 Å². The second-order valence-electron chi connectivity index (χ2n) is 7.90. The number of nitrogens with one attached hydrogen (secondary N) is 1. The number of fused-ring (bicyclic) bond motifs is 2. The van der Waals surface area contributed by atoms with Crippen molar-refractivity contribution in [2.75, 3.05) is 12.3 Å². The van der Waals surface area contributed by atoms with Gasteiger partial charge in [0.15, 0.2) is 5.65 Å². The molecule has 5 rings (SSSR count). The van der Waals surface area contributed by atoms with Crippen molar-refractivity contribution < 1.29 is 13.2 Å². The van der Waals surface area contributed by atoms with E-state index in [4.69, 9.17) is 5.73 Å². The van der Waals surface area contributed by atoms with E-state index in [-0.39, 0.29) is 22.9 Å². The highest BCUT2D eigenvalue weighted by atomic mass is 19.4. The van der Waals surface area contributed by atoms with Crippen LogP contribution in [0.5, 0.6) is 0 Å². The molecule has 3 N–H and O–H groups in total. The van der Waals surface area contributed by atoms with Crippen LogP contribution in [-0.2, 0) is 12.7 Å². The van der Waals surface area contributed by atoms with Crippen LogP contribution in [0.4, 0.5) is 19.0 Å². The molecule has 3 aromatic heterocycles. The van der Waals surface area contributed by atoms with Crippen molar-refractivity contribution in [1.82, 2.24) is 25.1 Å². The van der Waals surface area contributed by atoms with Crippen molar-refractivity contribution in [2.45, 2.75) is 38.0 Å². The van der Waals surface area contributed by atoms with Crippen LogP contribution in [0.2, 0.25) is 0 Å². The van der Waals surface area contributed by atoms with E-state index in [2.05, 4.69) is 25.1 Å². The fourth-order valence-corrected chi connectivity index (χ4v) is 4.50. The Morgan fingerprint density at radius 2 is 2.03 bits per heavy atom. The number of H-pyrrole nitrogens is 1. The van der Waals surface area contributed by atoms with Crippen LogP contribution >= 0.6 is 0 Å². The number of aromatic amines is 1. The number of nitrogen functional groups attached to an aromatic ring is 1. The molecule has 0 radical (unpaired) electrons. The van der Waals surface area contributed by atoms with Gasteiger partial charge in [-0.05, 0) is 43.1 Å². The number of nitrogens with two attached hydrogens (primary N) is 1. The lowest BCUT2D eigenvalue weighted by Crippen LogP contribution is -2.33. The first kappa shape index (κ1) is 19.7. The Morgan fingerprint density at radius 1 is 1.16 bits per heavy atom. The maximum atomic E-state index is 13.8. The van der Waals surface area contributed by atoms with Crippen LogP contribution in [0, 0.1) is 0 Å². The van der Waals surface area contributed by atoms with Crippen LogP contribution in [0.3, 0.4) is 0 Å². The third-order valence-corrected chi connectivity index (χ3v) is 5.94. The standard InChI is InChI=1S/C22H21F3N6/c23-22(24,25)15-11-17(28-21-19(15)20(26)29-30-21)18-8-1-2-10-31(18)12-13-5-3-7-16-14(13)6-4-9-27-16/h3-7,9,11,18H,1-2,8,10,12H2,(H3,26,28,29,30). The van der Waals surface area contributed by atoms with Crippen molar-refractivity contribution in [2.24, 2.45) is 0 Å². The number of nitrogens with zero attached hydrogens (tertiary/aromatic N) is 4. The van der Waals surface area contributed by atoms with Gasteiger partial charge in [0.05, 0.1) is 28.2 Å². The minimum Gasteiger partial charge on any atom is -0.383 e. The van der Waals surface area contributed by atoms with Gasteiger partial charge in [-0.3, -0.25) is 15.0 Å². The van der Waals surface area contributed by atoms with Crippen LogP contribution in [0.1, 0.15) is 42.1 Å². The molecule has 0 aliphatic carbocycles. The molecule has 9 heteroatoms. The minimum atomic E-state index is -4.55. The van der Waals surface area contributed by atoms with Gasteiger partial charge in [-0.15, -0.1) is 0 Å². The van der Waals surface area contributed by atoms with Crippen molar-refractivity contribution in [3.8, 4) is 0 Å². The summed E-state index contributed by atoms with van der Waals surface area (Å²) in [5.41, 5.74) is 7.30. The number of rotatable bonds is 3. The van der Waals surface area contributed by atoms with Crippen LogP contribution < -0.4 is 5.73 Å². The highest BCUT2D eigenvalue weighted by Gasteiger charge is 2.37. The van der Waals surface area contributed by atoms with Crippen molar-refractivity contribution in [3.05, 3.63) is 59.4 Å². The number of halogens is 3. The smallest absolute Gasteiger partial charge is 0.383 e.